The van der Waals surface area contributed by atoms with Crippen molar-refractivity contribution in [1.82, 2.24) is 4.90 Å². The van der Waals surface area contributed by atoms with Gasteiger partial charge in [-0.05, 0) is 49.3 Å². The molecule has 1 unspecified atom stereocenters. The van der Waals surface area contributed by atoms with Crippen molar-refractivity contribution in [2.24, 2.45) is 11.8 Å². The molecule has 1 saturated heterocycles. The highest BCUT2D eigenvalue weighted by molar-refractivity contribution is 6.05. The molecule has 2 amide bonds. The van der Waals surface area contributed by atoms with Crippen LogP contribution in [0.15, 0.2) is 18.2 Å². The summed E-state index contributed by atoms with van der Waals surface area (Å²) in [5.74, 6) is 1.17. The zero-order valence-electron chi connectivity index (χ0n) is 14.8. The number of nitrogens with one attached hydrogen (secondary N) is 2. The number of hydrogen-bond acceptors (Lipinski definition) is 3. The molecule has 0 aliphatic carbocycles. The number of anilines is 2. The Morgan fingerprint density at radius 3 is 2.62 bits per heavy atom. The Labute approximate surface area is 143 Å². The Hall–Kier alpha value is -2.04. The first-order chi connectivity index (χ1) is 11.4. The van der Waals surface area contributed by atoms with Gasteiger partial charge in [-0.2, -0.15) is 0 Å². The van der Waals surface area contributed by atoms with Crippen LogP contribution in [-0.4, -0.2) is 35.8 Å². The third kappa shape index (κ3) is 3.55. The Morgan fingerprint density at radius 2 is 1.96 bits per heavy atom. The molecule has 0 spiro atoms. The Morgan fingerprint density at radius 1 is 1.25 bits per heavy atom. The van der Waals surface area contributed by atoms with Crippen molar-refractivity contribution in [3.63, 3.8) is 0 Å². The lowest BCUT2D eigenvalue weighted by Gasteiger charge is -2.31. The number of benzene rings is 1. The average molecular weight is 329 g/mol. The SMILES string of the molecule is CC(C)CC1Nc2ccc(C(=O)N3CCC(C)CC3)cc2NC1=O. The van der Waals surface area contributed by atoms with Crippen LogP contribution in [0.5, 0.6) is 0 Å². The normalized spacial score (nSPS) is 21.2. The molecule has 24 heavy (non-hydrogen) atoms. The van der Waals surface area contributed by atoms with Gasteiger partial charge in [0.1, 0.15) is 6.04 Å². The van der Waals surface area contributed by atoms with Gasteiger partial charge in [-0.15, -0.1) is 0 Å². The fourth-order valence-corrected chi connectivity index (χ4v) is 3.41. The van der Waals surface area contributed by atoms with Gasteiger partial charge in [0.05, 0.1) is 11.4 Å². The lowest BCUT2D eigenvalue weighted by atomic mass is 9.98. The van der Waals surface area contributed by atoms with Crippen LogP contribution in [0.4, 0.5) is 11.4 Å². The minimum atomic E-state index is -0.206. The standard InChI is InChI=1S/C19H27N3O2/c1-12(2)10-17-18(23)21-16-11-14(4-5-15(16)20-17)19(24)22-8-6-13(3)7-9-22/h4-5,11-13,17,20H,6-10H2,1-3H3,(H,21,23). The highest BCUT2D eigenvalue weighted by Crippen LogP contribution is 2.30. The van der Waals surface area contributed by atoms with Crippen LogP contribution in [0.1, 0.15) is 50.4 Å². The largest absolute Gasteiger partial charge is 0.372 e. The highest BCUT2D eigenvalue weighted by Gasteiger charge is 2.27. The minimum Gasteiger partial charge on any atom is -0.372 e. The quantitative estimate of drug-likeness (QED) is 0.894. The van der Waals surface area contributed by atoms with Crippen molar-refractivity contribution >= 4 is 23.2 Å². The topological polar surface area (TPSA) is 61.4 Å². The molecule has 2 aliphatic heterocycles. The number of rotatable bonds is 3. The van der Waals surface area contributed by atoms with Gasteiger partial charge in [-0.1, -0.05) is 20.8 Å². The lowest BCUT2D eigenvalue weighted by Crippen LogP contribution is -2.40. The molecule has 2 N–H and O–H groups in total. The molecule has 1 aromatic rings. The summed E-state index contributed by atoms with van der Waals surface area (Å²) in [6, 6.07) is 5.35. The van der Waals surface area contributed by atoms with Crippen LogP contribution in [0.2, 0.25) is 0 Å². The zero-order valence-corrected chi connectivity index (χ0v) is 14.8. The van der Waals surface area contributed by atoms with Gasteiger partial charge in [0, 0.05) is 18.7 Å². The molecule has 0 radical (unpaired) electrons. The van der Waals surface area contributed by atoms with Crippen molar-refractivity contribution in [2.75, 3.05) is 23.7 Å². The van der Waals surface area contributed by atoms with Gasteiger partial charge in [-0.25, -0.2) is 0 Å². The Bertz CT molecular complexity index is 633. The van der Waals surface area contributed by atoms with Gasteiger partial charge >= 0.3 is 0 Å². The smallest absolute Gasteiger partial charge is 0.253 e. The Kier molecular flexibility index (Phi) is 4.78. The molecule has 2 aliphatic rings. The van der Waals surface area contributed by atoms with Gasteiger partial charge < -0.3 is 15.5 Å². The van der Waals surface area contributed by atoms with E-state index in [0.717, 1.165) is 38.0 Å². The van der Waals surface area contributed by atoms with E-state index in [0.29, 0.717) is 23.1 Å². The Balaban J connectivity index is 1.74. The maximum absolute atomic E-state index is 12.7. The minimum absolute atomic E-state index is 0.0207. The van der Waals surface area contributed by atoms with E-state index in [2.05, 4.69) is 31.4 Å². The molecular formula is C19H27N3O2. The van der Waals surface area contributed by atoms with E-state index < -0.39 is 0 Å². The van der Waals surface area contributed by atoms with Crippen molar-refractivity contribution in [1.29, 1.82) is 0 Å². The third-order valence-electron chi connectivity index (χ3n) is 4.95. The molecule has 0 saturated carbocycles. The summed E-state index contributed by atoms with van der Waals surface area (Å²) in [5.41, 5.74) is 2.24. The molecule has 1 atom stereocenters. The van der Waals surface area contributed by atoms with E-state index in [1.54, 1.807) is 6.07 Å². The second-order valence-corrected chi connectivity index (χ2v) is 7.55. The summed E-state index contributed by atoms with van der Waals surface area (Å²) in [4.78, 5) is 26.8. The molecule has 3 rings (SSSR count). The molecular weight excluding hydrogens is 302 g/mol. The number of nitrogens with zero attached hydrogens (tertiary/aromatic N) is 1. The number of likely N-dealkylation sites (tertiary alicyclic amines) is 1. The fourth-order valence-electron chi connectivity index (χ4n) is 3.41. The van der Waals surface area contributed by atoms with Crippen molar-refractivity contribution < 1.29 is 9.59 Å². The van der Waals surface area contributed by atoms with E-state index in [9.17, 15) is 9.59 Å². The summed E-state index contributed by atoms with van der Waals surface area (Å²) in [6.45, 7) is 8.07. The number of piperidine rings is 1. The summed E-state index contributed by atoms with van der Waals surface area (Å²) in [6.07, 6.45) is 2.91. The van der Waals surface area contributed by atoms with E-state index in [-0.39, 0.29) is 17.9 Å². The predicted octanol–water partition coefficient (Wildman–Crippen LogP) is 3.34. The van der Waals surface area contributed by atoms with E-state index in [1.165, 1.54) is 0 Å². The summed E-state index contributed by atoms with van der Waals surface area (Å²) < 4.78 is 0. The van der Waals surface area contributed by atoms with E-state index >= 15 is 0 Å². The second kappa shape index (κ2) is 6.83. The van der Waals surface area contributed by atoms with Crippen molar-refractivity contribution in [3.05, 3.63) is 23.8 Å². The van der Waals surface area contributed by atoms with Gasteiger partial charge in [0.15, 0.2) is 0 Å². The van der Waals surface area contributed by atoms with Gasteiger partial charge in [-0.3, -0.25) is 9.59 Å². The van der Waals surface area contributed by atoms with Crippen molar-refractivity contribution in [3.8, 4) is 0 Å². The maximum atomic E-state index is 12.7. The number of hydrogen-bond donors (Lipinski definition) is 2. The first-order valence-corrected chi connectivity index (χ1v) is 8.94. The molecule has 5 heteroatoms. The van der Waals surface area contributed by atoms with Crippen LogP contribution in [0, 0.1) is 11.8 Å². The van der Waals surface area contributed by atoms with Crippen LogP contribution in [0.3, 0.4) is 0 Å². The molecule has 0 aromatic heterocycles. The van der Waals surface area contributed by atoms with Crippen LogP contribution >= 0.6 is 0 Å². The van der Waals surface area contributed by atoms with E-state index in [4.69, 9.17) is 0 Å². The molecule has 130 valence electrons. The highest BCUT2D eigenvalue weighted by atomic mass is 16.2. The maximum Gasteiger partial charge on any atom is 0.253 e. The predicted molar refractivity (Wildman–Crippen MR) is 96.2 cm³/mol. The summed E-state index contributed by atoms with van der Waals surface area (Å²) >= 11 is 0. The molecule has 1 fully saturated rings. The molecule has 2 heterocycles. The van der Waals surface area contributed by atoms with Crippen LogP contribution < -0.4 is 10.6 Å². The van der Waals surface area contributed by atoms with E-state index in [1.807, 2.05) is 17.0 Å². The van der Waals surface area contributed by atoms with Gasteiger partial charge in [0.25, 0.3) is 5.91 Å². The fraction of sp³-hybridized carbons (Fsp3) is 0.579. The molecule has 0 bridgehead atoms. The number of carbonyl (C=O) groups excluding carboxylic acids is 2. The summed E-state index contributed by atoms with van der Waals surface area (Å²) in [7, 11) is 0. The first-order valence-electron chi connectivity index (χ1n) is 8.94. The van der Waals surface area contributed by atoms with Crippen LogP contribution in [-0.2, 0) is 4.79 Å². The molecule has 5 nitrogen and oxygen atoms in total. The zero-order chi connectivity index (χ0) is 17.3. The van der Waals surface area contributed by atoms with Crippen molar-refractivity contribution in [2.45, 2.75) is 46.1 Å². The first kappa shape index (κ1) is 16.8. The number of carbonyl (C=O) groups is 2. The second-order valence-electron chi connectivity index (χ2n) is 7.55. The number of fused-ring (bicyclic) bond motifs is 1. The number of amides is 2. The summed E-state index contributed by atoms with van der Waals surface area (Å²) in [5, 5.41) is 6.24. The average Bonchev–Trinajstić information content (AvgIpc) is 2.55. The molecule has 1 aromatic carbocycles. The van der Waals surface area contributed by atoms with Crippen LogP contribution in [0.25, 0.3) is 0 Å². The third-order valence-corrected chi connectivity index (χ3v) is 4.95. The monoisotopic (exact) mass is 329 g/mol. The van der Waals surface area contributed by atoms with Gasteiger partial charge in [0.2, 0.25) is 5.91 Å². The lowest BCUT2D eigenvalue weighted by molar-refractivity contribution is -0.117.